The van der Waals surface area contributed by atoms with Gasteiger partial charge < -0.3 is 10.6 Å². The van der Waals surface area contributed by atoms with Crippen LogP contribution in [0.4, 0.5) is 11.4 Å². The molecule has 0 heterocycles. The highest BCUT2D eigenvalue weighted by molar-refractivity contribution is 14.1. The van der Waals surface area contributed by atoms with Crippen molar-refractivity contribution in [2.45, 2.75) is 20.8 Å². The molecule has 3 N–H and O–H groups in total. The quantitative estimate of drug-likeness (QED) is 0.450. The van der Waals surface area contributed by atoms with E-state index in [-0.39, 0.29) is 22.8 Å². The maximum atomic E-state index is 12.3. The van der Waals surface area contributed by atoms with Crippen LogP contribution in [-0.2, 0) is 4.79 Å². The summed E-state index contributed by atoms with van der Waals surface area (Å²) in [5, 5.41) is 8.65. The predicted octanol–water partition coefficient (Wildman–Crippen LogP) is 4.32. The van der Waals surface area contributed by atoms with Crippen molar-refractivity contribution in [1.82, 2.24) is 5.32 Å². The lowest BCUT2D eigenvalue weighted by Crippen LogP contribution is -2.34. The molecule has 7 heteroatoms. The van der Waals surface area contributed by atoms with Crippen molar-refractivity contribution in [1.29, 1.82) is 0 Å². The van der Waals surface area contributed by atoms with Crippen molar-refractivity contribution in [3.63, 3.8) is 0 Å². The maximum absolute atomic E-state index is 12.3. The van der Waals surface area contributed by atoms with Crippen LogP contribution in [0.15, 0.2) is 42.5 Å². The Morgan fingerprint density at radius 3 is 2.12 bits per heavy atom. The van der Waals surface area contributed by atoms with E-state index in [1.807, 2.05) is 32.9 Å². The molecule has 5 nitrogen and oxygen atoms in total. The van der Waals surface area contributed by atoms with Crippen LogP contribution in [0.3, 0.4) is 0 Å². The zero-order chi connectivity index (χ0) is 19.3. The number of carbonyl (C=O) groups excluding carboxylic acids is 2. The minimum Gasteiger partial charge on any atom is -0.332 e. The molecular formula is C19H20IN3O2S. The van der Waals surface area contributed by atoms with Gasteiger partial charge in [0, 0.05) is 26.4 Å². The summed E-state index contributed by atoms with van der Waals surface area (Å²) < 4.78 is 1.02. The Morgan fingerprint density at radius 2 is 1.58 bits per heavy atom. The first-order valence-corrected chi connectivity index (χ1v) is 9.54. The van der Waals surface area contributed by atoms with Gasteiger partial charge in [0.1, 0.15) is 0 Å². The number of aryl methyl sites for hydroxylation is 1. The summed E-state index contributed by atoms with van der Waals surface area (Å²) in [4.78, 5) is 23.9. The molecule has 0 saturated carbocycles. The van der Waals surface area contributed by atoms with Crippen LogP contribution >= 0.6 is 34.8 Å². The fourth-order valence-corrected chi connectivity index (χ4v) is 2.72. The zero-order valence-electron chi connectivity index (χ0n) is 14.7. The van der Waals surface area contributed by atoms with Crippen molar-refractivity contribution in [2.75, 3.05) is 10.6 Å². The normalized spacial score (nSPS) is 10.3. The van der Waals surface area contributed by atoms with Crippen LogP contribution in [-0.4, -0.2) is 16.9 Å². The third-order valence-electron chi connectivity index (χ3n) is 3.60. The zero-order valence-corrected chi connectivity index (χ0v) is 17.7. The van der Waals surface area contributed by atoms with Crippen LogP contribution in [0, 0.1) is 16.4 Å². The number of nitrogens with one attached hydrogen (secondary N) is 3. The van der Waals surface area contributed by atoms with Gasteiger partial charge in [-0.15, -0.1) is 0 Å². The molecule has 0 unspecified atom stereocenters. The van der Waals surface area contributed by atoms with Gasteiger partial charge in [-0.05, 0) is 83.7 Å². The van der Waals surface area contributed by atoms with Gasteiger partial charge in [-0.25, -0.2) is 0 Å². The minimum atomic E-state index is -0.263. The Kier molecular flexibility index (Phi) is 7.10. The van der Waals surface area contributed by atoms with E-state index >= 15 is 0 Å². The van der Waals surface area contributed by atoms with Crippen molar-refractivity contribution >= 4 is 63.1 Å². The summed E-state index contributed by atoms with van der Waals surface area (Å²) in [6.45, 7) is 5.66. The van der Waals surface area contributed by atoms with Gasteiger partial charge in [-0.2, -0.15) is 0 Å². The molecule has 0 aliphatic rings. The Morgan fingerprint density at radius 1 is 1.00 bits per heavy atom. The summed E-state index contributed by atoms with van der Waals surface area (Å²) >= 11 is 7.39. The van der Waals surface area contributed by atoms with Crippen molar-refractivity contribution in [2.24, 2.45) is 5.92 Å². The topological polar surface area (TPSA) is 70.2 Å². The number of carbonyl (C=O) groups is 2. The maximum Gasteiger partial charge on any atom is 0.257 e. The lowest BCUT2D eigenvalue weighted by atomic mass is 10.1. The van der Waals surface area contributed by atoms with Crippen molar-refractivity contribution in [3.05, 3.63) is 57.2 Å². The van der Waals surface area contributed by atoms with E-state index in [9.17, 15) is 9.59 Å². The number of anilines is 2. The van der Waals surface area contributed by atoms with Crippen LogP contribution in [0.2, 0.25) is 0 Å². The van der Waals surface area contributed by atoms with E-state index in [1.165, 1.54) is 0 Å². The first-order chi connectivity index (χ1) is 12.3. The number of halogens is 1. The van der Waals surface area contributed by atoms with Gasteiger partial charge in [0.25, 0.3) is 5.91 Å². The van der Waals surface area contributed by atoms with E-state index in [2.05, 4.69) is 38.5 Å². The smallest absolute Gasteiger partial charge is 0.257 e. The minimum absolute atomic E-state index is 0.0405. The second-order valence-electron chi connectivity index (χ2n) is 6.09. The molecule has 2 rings (SSSR count). The molecule has 0 aliphatic carbocycles. The lowest BCUT2D eigenvalue weighted by molar-refractivity contribution is -0.118. The van der Waals surface area contributed by atoms with Gasteiger partial charge in [-0.3, -0.25) is 14.9 Å². The van der Waals surface area contributed by atoms with Crippen LogP contribution < -0.4 is 16.0 Å². The number of amides is 2. The molecule has 0 aromatic heterocycles. The first kappa shape index (κ1) is 20.3. The van der Waals surface area contributed by atoms with E-state index in [0.717, 1.165) is 14.8 Å². The fourth-order valence-electron chi connectivity index (χ4n) is 2.00. The molecule has 26 heavy (non-hydrogen) atoms. The molecule has 0 fully saturated rings. The summed E-state index contributed by atoms with van der Waals surface area (Å²) in [5.41, 5.74) is 3.10. The highest BCUT2D eigenvalue weighted by Crippen LogP contribution is 2.15. The van der Waals surface area contributed by atoms with E-state index in [1.54, 1.807) is 30.3 Å². The second-order valence-corrected chi connectivity index (χ2v) is 7.66. The van der Waals surface area contributed by atoms with Gasteiger partial charge in [-0.1, -0.05) is 19.9 Å². The van der Waals surface area contributed by atoms with Gasteiger partial charge in [0.2, 0.25) is 5.91 Å². The highest BCUT2D eigenvalue weighted by atomic mass is 127. The molecule has 2 amide bonds. The average molecular weight is 481 g/mol. The fraction of sp³-hybridized carbons (Fsp3) is 0.211. The number of hydrogen-bond acceptors (Lipinski definition) is 3. The molecule has 2 aromatic carbocycles. The Labute approximate surface area is 172 Å². The molecule has 0 saturated heterocycles. The number of benzene rings is 2. The van der Waals surface area contributed by atoms with Crippen LogP contribution in [0.5, 0.6) is 0 Å². The van der Waals surface area contributed by atoms with Crippen molar-refractivity contribution < 1.29 is 9.59 Å². The third-order valence-corrected chi connectivity index (χ3v) is 4.96. The average Bonchev–Trinajstić information content (AvgIpc) is 2.58. The Balaban J connectivity index is 1.93. The van der Waals surface area contributed by atoms with E-state index in [4.69, 9.17) is 12.2 Å². The molecule has 0 spiro atoms. The molecule has 0 bridgehead atoms. The van der Waals surface area contributed by atoms with E-state index < -0.39 is 0 Å². The summed E-state index contributed by atoms with van der Waals surface area (Å²) in [6.07, 6.45) is 0. The summed E-state index contributed by atoms with van der Waals surface area (Å²) in [6, 6.07) is 12.6. The molecule has 2 aromatic rings. The number of hydrogen-bond donors (Lipinski definition) is 3. The molecule has 0 radical (unpaired) electrons. The molecule has 0 atom stereocenters. The summed E-state index contributed by atoms with van der Waals surface area (Å²) in [5.74, 6) is -0.386. The second kappa shape index (κ2) is 9.09. The highest BCUT2D eigenvalue weighted by Gasteiger charge is 2.10. The molecule has 136 valence electrons. The standard InChI is InChI=1S/C19H20IN3O2S/c1-11(2)17(24)21-14-6-8-15(9-7-14)22-19(26)23-18(25)13-5-4-12(3)16(20)10-13/h4-11H,1-3H3,(H,21,24)(H2,22,23,25,26). The van der Waals surface area contributed by atoms with Gasteiger partial charge in [0.05, 0.1) is 0 Å². The third kappa shape index (κ3) is 5.77. The first-order valence-electron chi connectivity index (χ1n) is 8.05. The van der Waals surface area contributed by atoms with Crippen molar-refractivity contribution in [3.8, 4) is 0 Å². The van der Waals surface area contributed by atoms with E-state index in [0.29, 0.717) is 11.3 Å². The van der Waals surface area contributed by atoms with Crippen LogP contribution in [0.25, 0.3) is 0 Å². The SMILES string of the molecule is Cc1ccc(C(=O)NC(=S)Nc2ccc(NC(=O)C(C)C)cc2)cc1I. The van der Waals surface area contributed by atoms with Crippen LogP contribution in [0.1, 0.15) is 29.8 Å². The predicted molar refractivity (Wildman–Crippen MR) is 117 cm³/mol. The Hall–Kier alpha value is -2.00. The Bertz CT molecular complexity index is 835. The largest absolute Gasteiger partial charge is 0.332 e. The lowest BCUT2D eigenvalue weighted by Gasteiger charge is -2.12. The summed E-state index contributed by atoms with van der Waals surface area (Å²) in [7, 11) is 0. The number of rotatable bonds is 4. The molecular weight excluding hydrogens is 461 g/mol. The molecule has 0 aliphatic heterocycles. The monoisotopic (exact) mass is 481 g/mol. The van der Waals surface area contributed by atoms with Gasteiger partial charge in [0.15, 0.2) is 5.11 Å². The number of thiocarbonyl (C=S) groups is 1. The van der Waals surface area contributed by atoms with Gasteiger partial charge >= 0.3 is 0 Å².